The molecule has 1 N–H and O–H groups in total. The van der Waals surface area contributed by atoms with Crippen LogP contribution in [-0.2, 0) is 10.0 Å². The van der Waals surface area contributed by atoms with Gasteiger partial charge in [-0.25, -0.2) is 17.5 Å². The molecule has 0 aliphatic heterocycles. The highest BCUT2D eigenvalue weighted by Crippen LogP contribution is 2.28. The van der Waals surface area contributed by atoms with Crippen LogP contribution in [0, 0.1) is 0 Å². The Balaban J connectivity index is 2.59. The zero-order valence-electron chi connectivity index (χ0n) is 10.6. The third kappa shape index (κ3) is 2.94. The van der Waals surface area contributed by atoms with Crippen molar-refractivity contribution in [2.24, 2.45) is 0 Å². The molecule has 0 spiro atoms. The molecule has 1 aromatic carbocycles. The topological polar surface area (TPSA) is 87.6 Å². The Morgan fingerprint density at radius 2 is 1.80 bits per heavy atom. The summed E-state index contributed by atoms with van der Waals surface area (Å²) in [5, 5.41) is 8.99. The van der Waals surface area contributed by atoms with Gasteiger partial charge in [0.1, 0.15) is 0 Å². The number of aromatic carboxylic acids is 1. The number of anilines is 2. The van der Waals surface area contributed by atoms with Gasteiger partial charge in [-0.15, -0.1) is 0 Å². The van der Waals surface area contributed by atoms with E-state index in [2.05, 4.69) is 4.98 Å². The Bertz CT molecular complexity index is 729. The summed E-state index contributed by atoms with van der Waals surface area (Å²) in [7, 11) is -3.60. The molecule has 6 nitrogen and oxygen atoms in total. The lowest BCUT2D eigenvalue weighted by atomic mass is 10.2. The fourth-order valence-electron chi connectivity index (χ4n) is 1.78. The van der Waals surface area contributed by atoms with E-state index in [0.29, 0.717) is 5.69 Å². The number of benzene rings is 1. The quantitative estimate of drug-likeness (QED) is 0.929. The minimum Gasteiger partial charge on any atom is -0.478 e. The van der Waals surface area contributed by atoms with Crippen LogP contribution in [0.4, 0.5) is 11.4 Å². The molecular weight excluding hydrogens is 280 g/mol. The van der Waals surface area contributed by atoms with Crippen LogP contribution >= 0.6 is 0 Å². The summed E-state index contributed by atoms with van der Waals surface area (Å²) in [6, 6.07) is 8.82. The van der Waals surface area contributed by atoms with Gasteiger partial charge in [0, 0.05) is 12.4 Å². The number of carboxylic acid groups (broad SMARTS) is 1. The van der Waals surface area contributed by atoms with Crippen LogP contribution in [-0.4, -0.2) is 30.7 Å². The lowest BCUT2D eigenvalue weighted by Crippen LogP contribution is -2.24. The molecule has 0 atom stereocenters. The summed E-state index contributed by atoms with van der Waals surface area (Å²) >= 11 is 0. The number of carboxylic acids is 1. The highest BCUT2D eigenvalue weighted by molar-refractivity contribution is 7.92. The van der Waals surface area contributed by atoms with E-state index in [-0.39, 0.29) is 11.3 Å². The van der Waals surface area contributed by atoms with E-state index in [1.165, 1.54) is 48.8 Å². The van der Waals surface area contributed by atoms with E-state index in [1.807, 2.05) is 0 Å². The van der Waals surface area contributed by atoms with Crippen molar-refractivity contribution in [2.75, 3.05) is 10.6 Å². The number of pyridine rings is 1. The summed E-state index contributed by atoms with van der Waals surface area (Å²) in [5.74, 6) is -1.12. The van der Waals surface area contributed by atoms with Gasteiger partial charge in [0.05, 0.1) is 23.2 Å². The number of hydrogen-bond acceptors (Lipinski definition) is 4. The second kappa shape index (κ2) is 5.30. The van der Waals surface area contributed by atoms with E-state index < -0.39 is 16.0 Å². The number of hydrogen-bond donors (Lipinski definition) is 1. The summed E-state index contributed by atoms with van der Waals surface area (Å²) in [5.41, 5.74) is 0.675. The first-order valence-electron chi connectivity index (χ1n) is 5.63. The van der Waals surface area contributed by atoms with Crippen LogP contribution < -0.4 is 4.31 Å². The van der Waals surface area contributed by atoms with Gasteiger partial charge in [-0.05, 0) is 30.3 Å². The van der Waals surface area contributed by atoms with Gasteiger partial charge in [-0.2, -0.15) is 0 Å². The van der Waals surface area contributed by atoms with E-state index in [9.17, 15) is 13.2 Å². The molecule has 0 radical (unpaired) electrons. The smallest absolute Gasteiger partial charge is 0.335 e. The van der Waals surface area contributed by atoms with E-state index in [0.717, 1.165) is 10.6 Å². The van der Waals surface area contributed by atoms with Crippen molar-refractivity contribution in [3.63, 3.8) is 0 Å². The number of aromatic nitrogens is 1. The van der Waals surface area contributed by atoms with E-state index in [4.69, 9.17) is 5.11 Å². The fourth-order valence-corrected chi connectivity index (χ4v) is 2.78. The molecular formula is C13H12N2O4S. The SMILES string of the molecule is CS(=O)(=O)N(c1ccncc1)c1cccc(C(=O)O)c1. The maximum Gasteiger partial charge on any atom is 0.335 e. The zero-order valence-corrected chi connectivity index (χ0v) is 11.4. The van der Waals surface area contributed by atoms with Crippen molar-refractivity contribution < 1.29 is 18.3 Å². The third-order valence-electron chi connectivity index (χ3n) is 2.56. The van der Waals surface area contributed by atoms with Gasteiger partial charge >= 0.3 is 5.97 Å². The predicted octanol–water partition coefficient (Wildman–Crippen LogP) is 1.88. The van der Waals surface area contributed by atoms with Gasteiger partial charge < -0.3 is 5.11 Å². The van der Waals surface area contributed by atoms with Crippen molar-refractivity contribution in [3.05, 3.63) is 54.4 Å². The molecule has 0 aliphatic rings. The van der Waals surface area contributed by atoms with Gasteiger partial charge in [-0.1, -0.05) is 6.07 Å². The minimum absolute atomic E-state index is 0.0187. The van der Waals surface area contributed by atoms with E-state index >= 15 is 0 Å². The average molecular weight is 292 g/mol. The van der Waals surface area contributed by atoms with Crippen molar-refractivity contribution in [1.29, 1.82) is 0 Å². The van der Waals surface area contributed by atoms with Crippen molar-refractivity contribution in [1.82, 2.24) is 4.98 Å². The van der Waals surface area contributed by atoms with Crippen LogP contribution in [0.5, 0.6) is 0 Å². The summed E-state index contributed by atoms with van der Waals surface area (Å²) in [6.07, 6.45) is 3.99. The number of carbonyl (C=O) groups is 1. The van der Waals surface area contributed by atoms with Crippen LogP contribution in [0.25, 0.3) is 0 Å². The molecule has 1 heterocycles. The average Bonchev–Trinajstić information content (AvgIpc) is 2.39. The molecule has 0 saturated heterocycles. The standard InChI is InChI=1S/C13H12N2O4S/c1-20(18,19)15(11-5-7-14-8-6-11)12-4-2-3-10(9-12)13(16)17/h2-9H,1H3,(H,16,17). The molecule has 7 heteroatoms. The molecule has 20 heavy (non-hydrogen) atoms. The maximum atomic E-state index is 12.0. The van der Waals surface area contributed by atoms with Crippen LogP contribution in [0.1, 0.15) is 10.4 Å². The summed E-state index contributed by atoms with van der Waals surface area (Å²) < 4.78 is 25.0. The maximum absolute atomic E-state index is 12.0. The first-order chi connectivity index (χ1) is 9.39. The van der Waals surface area contributed by atoms with Crippen LogP contribution in [0.15, 0.2) is 48.8 Å². The number of rotatable bonds is 4. The molecule has 0 bridgehead atoms. The summed E-state index contributed by atoms with van der Waals surface area (Å²) in [4.78, 5) is 14.8. The second-order valence-corrected chi connectivity index (χ2v) is 5.92. The monoisotopic (exact) mass is 292 g/mol. The molecule has 0 amide bonds. The number of nitrogens with zero attached hydrogens (tertiary/aromatic N) is 2. The zero-order chi connectivity index (χ0) is 14.8. The predicted molar refractivity (Wildman–Crippen MR) is 74.6 cm³/mol. The van der Waals surface area contributed by atoms with Gasteiger partial charge in [-0.3, -0.25) is 4.98 Å². The molecule has 0 fully saturated rings. The first-order valence-corrected chi connectivity index (χ1v) is 7.48. The van der Waals surface area contributed by atoms with Gasteiger partial charge in [0.25, 0.3) is 0 Å². The Labute approximate surface area is 116 Å². The lowest BCUT2D eigenvalue weighted by Gasteiger charge is -2.22. The van der Waals surface area contributed by atoms with E-state index in [1.54, 1.807) is 0 Å². The first kappa shape index (κ1) is 14.0. The molecule has 2 rings (SSSR count). The Kier molecular flexibility index (Phi) is 3.71. The highest BCUT2D eigenvalue weighted by Gasteiger charge is 2.20. The normalized spacial score (nSPS) is 11.1. The van der Waals surface area contributed by atoms with Gasteiger partial charge in [0.15, 0.2) is 0 Å². The van der Waals surface area contributed by atoms with Crippen LogP contribution in [0.2, 0.25) is 0 Å². The molecule has 0 aliphatic carbocycles. The Morgan fingerprint density at radius 1 is 1.15 bits per heavy atom. The van der Waals surface area contributed by atoms with Crippen LogP contribution in [0.3, 0.4) is 0 Å². The number of sulfonamides is 1. The van der Waals surface area contributed by atoms with Crippen molar-refractivity contribution in [2.45, 2.75) is 0 Å². The lowest BCUT2D eigenvalue weighted by molar-refractivity contribution is 0.0697. The summed E-state index contributed by atoms with van der Waals surface area (Å²) in [6.45, 7) is 0. The van der Waals surface area contributed by atoms with Gasteiger partial charge in [0.2, 0.25) is 10.0 Å². The minimum atomic E-state index is -3.60. The molecule has 0 saturated carbocycles. The molecule has 2 aromatic rings. The molecule has 1 aromatic heterocycles. The Morgan fingerprint density at radius 3 is 2.35 bits per heavy atom. The Hall–Kier alpha value is -2.41. The largest absolute Gasteiger partial charge is 0.478 e. The molecule has 0 unspecified atom stereocenters. The fraction of sp³-hybridized carbons (Fsp3) is 0.0769. The van der Waals surface area contributed by atoms with Crippen molar-refractivity contribution >= 4 is 27.4 Å². The highest BCUT2D eigenvalue weighted by atomic mass is 32.2. The molecule has 104 valence electrons. The third-order valence-corrected chi connectivity index (χ3v) is 3.64. The van der Waals surface area contributed by atoms with Crippen molar-refractivity contribution in [3.8, 4) is 0 Å². The second-order valence-electron chi connectivity index (χ2n) is 4.09.